The summed E-state index contributed by atoms with van der Waals surface area (Å²) in [6, 6.07) is 0. The molecule has 6 heteroatoms. The van der Waals surface area contributed by atoms with Crippen LogP contribution in [0.3, 0.4) is 0 Å². The minimum Gasteiger partial charge on any atom is -0.394 e. The van der Waals surface area contributed by atoms with Crippen molar-refractivity contribution in [3.8, 4) is 0 Å². The zero-order chi connectivity index (χ0) is 9.78. The van der Waals surface area contributed by atoms with E-state index in [9.17, 15) is 17.6 Å². The predicted molar refractivity (Wildman–Crippen MR) is 33.3 cm³/mol. The third-order valence-corrected chi connectivity index (χ3v) is 1.34. The van der Waals surface area contributed by atoms with Gasteiger partial charge in [0.1, 0.15) is 0 Å². The first-order valence-corrected chi connectivity index (χ1v) is 3.35. The molecule has 0 heterocycles. The SMILES string of the molecule is OCC(O)CCC(F)(F)C(F)F. The highest BCUT2D eigenvalue weighted by Crippen LogP contribution is 2.28. The lowest BCUT2D eigenvalue weighted by Gasteiger charge is -2.16. The maximum Gasteiger partial charge on any atom is 0.307 e. The third-order valence-electron chi connectivity index (χ3n) is 1.34. The number of hydrogen-bond donors (Lipinski definition) is 2. The van der Waals surface area contributed by atoms with Gasteiger partial charge in [0.15, 0.2) is 0 Å². The van der Waals surface area contributed by atoms with E-state index in [1.165, 1.54) is 0 Å². The van der Waals surface area contributed by atoms with E-state index >= 15 is 0 Å². The molecule has 1 atom stereocenters. The van der Waals surface area contributed by atoms with Crippen LogP contribution in [0.5, 0.6) is 0 Å². The topological polar surface area (TPSA) is 40.5 Å². The van der Waals surface area contributed by atoms with Crippen molar-refractivity contribution in [3.05, 3.63) is 0 Å². The molecule has 12 heavy (non-hydrogen) atoms. The van der Waals surface area contributed by atoms with E-state index in [-0.39, 0.29) is 0 Å². The molecule has 0 rings (SSSR count). The van der Waals surface area contributed by atoms with Gasteiger partial charge < -0.3 is 10.2 Å². The lowest BCUT2D eigenvalue weighted by Crippen LogP contribution is -2.28. The highest BCUT2D eigenvalue weighted by atomic mass is 19.3. The summed E-state index contributed by atoms with van der Waals surface area (Å²) in [5, 5.41) is 16.8. The molecule has 0 saturated heterocycles. The van der Waals surface area contributed by atoms with E-state index in [1.807, 2.05) is 0 Å². The van der Waals surface area contributed by atoms with Gasteiger partial charge in [0.25, 0.3) is 0 Å². The zero-order valence-electron chi connectivity index (χ0n) is 6.18. The molecule has 0 aliphatic carbocycles. The summed E-state index contributed by atoms with van der Waals surface area (Å²) >= 11 is 0. The highest BCUT2D eigenvalue weighted by molar-refractivity contribution is 4.70. The summed E-state index contributed by atoms with van der Waals surface area (Å²) in [5.41, 5.74) is 0. The molecule has 0 saturated carbocycles. The van der Waals surface area contributed by atoms with Gasteiger partial charge in [-0.15, -0.1) is 0 Å². The second-order valence-electron chi connectivity index (χ2n) is 2.44. The van der Waals surface area contributed by atoms with Gasteiger partial charge in [-0.2, -0.15) is 0 Å². The average Bonchev–Trinajstić information content (AvgIpc) is 2.00. The molecule has 0 radical (unpaired) electrons. The van der Waals surface area contributed by atoms with Crippen molar-refractivity contribution in [1.29, 1.82) is 0 Å². The fraction of sp³-hybridized carbons (Fsp3) is 1.00. The van der Waals surface area contributed by atoms with Crippen LogP contribution in [0.2, 0.25) is 0 Å². The maximum absolute atomic E-state index is 12.1. The van der Waals surface area contributed by atoms with E-state index < -0.39 is 37.9 Å². The first-order valence-electron chi connectivity index (χ1n) is 3.35. The Hall–Kier alpha value is -0.360. The number of hydrogen-bond acceptors (Lipinski definition) is 2. The molecular weight excluding hydrogens is 180 g/mol. The molecule has 1 unspecified atom stereocenters. The largest absolute Gasteiger partial charge is 0.394 e. The second kappa shape index (κ2) is 4.61. The van der Waals surface area contributed by atoms with E-state index in [2.05, 4.69) is 0 Å². The number of halogens is 4. The second-order valence-corrected chi connectivity index (χ2v) is 2.44. The number of aliphatic hydroxyl groups is 2. The Kier molecular flexibility index (Phi) is 4.47. The number of rotatable bonds is 5. The summed E-state index contributed by atoms with van der Waals surface area (Å²) in [7, 11) is 0. The fourth-order valence-electron chi connectivity index (χ4n) is 0.559. The molecule has 0 aromatic carbocycles. The molecule has 0 fully saturated rings. The van der Waals surface area contributed by atoms with Gasteiger partial charge in [-0.05, 0) is 6.42 Å². The molecule has 0 aliphatic rings. The van der Waals surface area contributed by atoms with Gasteiger partial charge in [0.2, 0.25) is 0 Å². The lowest BCUT2D eigenvalue weighted by atomic mass is 10.1. The monoisotopic (exact) mass is 190 g/mol. The molecule has 74 valence electrons. The Labute approximate surface area is 66.8 Å². The molecule has 0 aromatic rings. The minimum atomic E-state index is -4.07. The minimum absolute atomic E-state index is 0.534. The van der Waals surface area contributed by atoms with Crippen LogP contribution in [0.15, 0.2) is 0 Å². The molecule has 0 amide bonds. The van der Waals surface area contributed by atoms with Crippen molar-refractivity contribution >= 4 is 0 Å². The fourth-order valence-corrected chi connectivity index (χ4v) is 0.559. The van der Waals surface area contributed by atoms with Crippen LogP contribution in [-0.4, -0.2) is 35.3 Å². The Morgan fingerprint density at radius 2 is 1.75 bits per heavy atom. The van der Waals surface area contributed by atoms with Gasteiger partial charge >= 0.3 is 12.3 Å². The van der Waals surface area contributed by atoms with Gasteiger partial charge in [0, 0.05) is 6.42 Å². The molecule has 0 aliphatic heterocycles. The van der Waals surface area contributed by atoms with Gasteiger partial charge in [0.05, 0.1) is 12.7 Å². The molecule has 0 bridgehead atoms. The summed E-state index contributed by atoms with van der Waals surface area (Å²) in [6.45, 7) is -0.695. The zero-order valence-corrected chi connectivity index (χ0v) is 6.18. The Morgan fingerprint density at radius 1 is 1.25 bits per heavy atom. The predicted octanol–water partition coefficient (Wildman–Crippen LogP) is 1.02. The summed E-state index contributed by atoms with van der Waals surface area (Å²) in [6.07, 6.45) is -6.72. The number of aliphatic hydroxyl groups excluding tert-OH is 2. The van der Waals surface area contributed by atoms with Gasteiger partial charge in [-0.1, -0.05) is 0 Å². The number of alkyl halides is 4. The Bertz CT molecular complexity index is 129. The van der Waals surface area contributed by atoms with Crippen LogP contribution in [-0.2, 0) is 0 Å². The standard InChI is InChI=1S/C6H10F4O2/c7-5(8)6(9,10)2-1-4(12)3-11/h4-5,11-12H,1-3H2. The van der Waals surface area contributed by atoms with Crippen molar-refractivity contribution in [3.63, 3.8) is 0 Å². The van der Waals surface area contributed by atoms with E-state index in [1.54, 1.807) is 0 Å². The molecule has 2 nitrogen and oxygen atoms in total. The van der Waals surface area contributed by atoms with Crippen molar-refractivity contribution in [2.75, 3.05) is 6.61 Å². The summed E-state index contributed by atoms with van der Waals surface area (Å²) < 4.78 is 47.1. The smallest absolute Gasteiger partial charge is 0.307 e. The van der Waals surface area contributed by atoms with E-state index in [4.69, 9.17) is 10.2 Å². The van der Waals surface area contributed by atoms with Crippen LogP contribution < -0.4 is 0 Å². The van der Waals surface area contributed by atoms with Crippen LogP contribution in [0.1, 0.15) is 12.8 Å². The van der Waals surface area contributed by atoms with Crippen molar-refractivity contribution in [1.82, 2.24) is 0 Å². The molecular formula is C6H10F4O2. The summed E-state index contributed by atoms with van der Waals surface area (Å²) in [4.78, 5) is 0. The van der Waals surface area contributed by atoms with Gasteiger partial charge in [-0.25, -0.2) is 17.6 Å². The van der Waals surface area contributed by atoms with Crippen molar-refractivity contribution < 1.29 is 27.8 Å². The maximum atomic E-state index is 12.1. The lowest BCUT2D eigenvalue weighted by molar-refractivity contribution is -0.138. The Morgan fingerprint density at radius 3 is 2.08 bits per heavy atom. The van der Waals surface area contributed by atoms with Crippen LogP contribution >= 0.6 is 0 Å². The van der Waals surface area contributed by atoms with E-state index in [0.717, 1.165) is 0 Å². The van der Waals surface area contributed by atoms with Crippen molar-refractivity contribution in [2.24, 2.45) is 0 Å². The first-order chi connectivity index (χ1) is 5.40. The average molecular weight is 190 g/mol. The van der Waals surface area contributed by atoms with E-state index in [0.29, 0.717) is 0 Å². The van der Waals surface area contributed by atoms with Crippen LogP contribution in [0.4, 0.5) is 17.6 Å². The molecule has 2 N–H and O–H groups in total. The normalized spacial score (nSPS) is 15.2. The van der Waals surface area contributed by atoms with Crippen LogP contribution in [0, 0.1) is 0 Å². The van der Waals surface area contributed by atoms with Crippen LogP contribution in [0.25, 0.3) is 0 Å². The quantitative estimate of drug-likeness (QED) is 0.635. The third kappa shape index (κ3) is 3.87. The highest BCUT2D eigenvalue weighted by Gasteiger charge is 2.40. The molecule has 0 aromatic heterocycles. The molecule has 0 spiro atoms. The first kappa shape index (κ1) is 11.6. The van der Waals surface area contributed by atoms with Crippen molar-refractivity contribution in [2.45, 2.75) is 31.3 Å². The Balaban J connectivity index is 3.75. The van der Waals surface area contributed by atoms with Gasteiger partial charge in [-0.3, -0.25) is 0 Å². The summed E-state index contributed by atoms with van der Waals surface area (Å²) in [5.74, 6) is -4.07.